The zero-order valence-corrected chi connectivity index (χ0v) is 10.1. The minimum atomic E-state index is 0.316. The van der Waals surface area contributed by atoms with Gasteiger partial charge in [0.1, 0.15) is 0 Å². The largest absolute Gasteiger partial charge is 0.342 e. The molecule has 17 heavy (non-hydrogen) atoms. The molecule has 1 saturated carbocycles. The fourth-order valence-electron chi connectivity index (χ4n) is 4.33. The monoisotopic (exact) mass is 232 g/mol. The van der Waals surface area contributed by atoms with E-state index in [0.29, 0.717) is 23.7 Å². The summed E-state index contributed by atoms with van der Waals surface area (Å²) >= 11 is 0. The first-order valence-corrected chi connectivity index (χ1v) is 6.99. The van der Waals surface area contributed by atoms with E-state index >= 15 is 0 Å². The number of nitrogens with zero attached hydrogens (tertiary/aromatic N) is 1. The van der Waals surface area contributed by atoms with Crippen LogP contribution < -0.4 is 5.32 Å². The fourth-order valence-corrected chi connectivity index (χ4v) is 4.33. The van der Waals surface area contributed by atoms with Crippen LogP contribution in [0.2, 0.25) is 0 Å². The summed E-state index contributed by atoms with van der Waals surface area (Å²) < 4.78 is 0. The lowest BCUT2D eigenvalue weighted by Gasteiger charge is -2.25. The second-order valence-corrected chi connectivity index (χ2v) is 6.31. The smallest absolute Gasteiger partial charge is 0.226 e. The Morgan fingerprint density at radius 3 is 2.47 bits per heavy atom. The van der Waals surface area contributed by atoms with Crippen LogP contribution in [-0.4, -0.2) is 37.0 Å². The molecule has 0 aromatic rings. The highest BCUT2D eigenvalue weighted by Crippen LogP contribution is 2.44. The van der Waals surface area contributed by atoms with Crippen molar-refractivity contribution in [2.45, 2.75) is 12.8 Å². The fraction of sp³-hybridized carbons (Fsp3) is 0.786. The quantitative estimate of drug-likeness (QED) is 0.681. The number of likely N-dealkylation sites (tertiary alicyclic amines) is 1. The zero-order chi connectivity index (χ0) is 11.4. The van der Waals surface area contributed by atoms with E-state index in [0.717, 1.165) is 44.4 Å². The van der Waals surface area contributed by atoms with E-state index in [1.165, 1.54) is 6.42 Å². The average molecular weight is 232 g/mol. The highest BCUT2D eigenvalue weighted by atomic mass is 16.2. The minimum Gasteiger partial charge on any atom is -0.342 e. The summed E-state index contributed by atoms with van der Waals surface area (Å²) in [6.07, 6.45) is 6.95. The molecule has 2 aliphatic carbocycles. The molecule has 3 fully saturated rings. The molecule has 2 aliphatic heterocycles. The van der Waals surface area contributed by atoms with Gasteiger partial charge in [0, 0.05) is 32.1 Å². The van der Waals surface area contributed by atoms with Crippen LogP contribution in [0, 0.1) is 29.6 Å². The molecule has 1 N–H and O–H groups in total. The van der Waals surface area contributed by atoms with Gasteiger partial charge in [0.15, 0.2) is 0 Å². The molecule has 4 unspecified atom stereocenters. The second kappa shape index (κ2) is 3.58. The van der Waals surface area contributed by atoms with Crippen LogP contribution in [0.4, 0.5) is 0 Å². The van der Waals surface area contributed by atoms with Crippen LogP contribution in [0.25, 0.3) is 0 Å². The first kappa shape index (κ1) is 10.1. The number of carbonyl (C=O) groups excluding carboxylic acids is 1. The lowest BCUT2D eigenvalue weighted by molar-refractivity contribution is -0.135. The van der Waals surface area contributed by atoms with Crippen molar-refractivity contribution >= 4 is 5.91 Å². The van der Waals surface area contributed by atoms with Crippen molar-refractivity contribution in [1.82, 2.24) is 10.2 Å². The summed E-state index contributed by atoms with van der Waals surface area (Å²) in [5, 5.41) is 3.43. The van der Waals surface area contributed by atoms with Crippen LogP contribution >= 0.6 is 0 Å². The zero-order valence-electron chi connectivity index (χ0n) is 10.1. The summed E-state index contributed by atoms with van der Waals surface area (Å²) in [6.45, 7) is 4.25. The topological polar surface area (TPSA) is 32.3 Å². The van der Waals surface area contributed by atoms with Crippen molar-refractivity contribution in [3.63, 3.8) is 0 Å². The molecule has 3 nitrogen and oxygen atoms in total. The van der Waals surface area contributed by atoms with E-state index in [-0.39, 0.29) is 0 Å². The molecule has 1 amide bonds. The number of rotatable bonds is 1. The Bertz CT molecular complexity index is 366. The first-order valence-electron chi connectivity index (χ1n) is 6.99. The predicted molar refractivity (Wildman–Crippen MR) is 65.3 cm³/mol. The molecule has 0 aromatic carbocycles. The van der Waals surface area contributed by atoms with E-state index < -0.39 is 0 Å². The third kappa shape index (κ3) is 1.48. The number of hydrogen-bond donors (Lipinski definition) is 1. The van der Waals surface area contributed by atoms with Gasteiger partial charge < -0.3 is 10.2 Å². The van der Waals surface area contributed by atoms with Gasteiger partial charge in [-0.25, -0.2) is 0 Å². The minimum absolute atomic E-state index is 0.316. The molecule has 4 aliphatic rings. The number of hydrogen-bond acceptors (Lipinski definition) is 2. The summed E-state index contributed by atoms with van der Waals surface area (Å²) in [6, 6.07) is 0. The molecule has 5 atom stereocenters. The van der Waals surface area contributed by atoms with Crippen LogP contribution in [0.3, 0.4) is 0 Å². The van der Waals surface area contributed by atoms with Crippen molar-refractivity contribution in [3.05, 3.63) is 12.2 Å². The molecule has 0 aromatic heterocycles. The van der Waals surface area contributed by atoms with Gasteiger partial charge in [-0.05, 0) is 36.5 Å². The van der Waals surface area contributed by atoms with E-state index in [4.69, 9.17) is 0 Å². The lowest BCUT2D eigenvalue weighted by Crippen LogP contribution is -2.37. The molecule has 2 bridgehead atoms. The Labute approximate surface area is 102 Å². The van der Waals surface area contributed by atoms with Crippen LogP contribution in [0.1, 0.15) is 12.8 Å². The van der Waals surface area contributed by atoms with Gasteiger partial charge in [-0.2, -0.15) is 0 Å². The molecule has 2 saturated heterocycles. The lowest BCUT2D eigenvalue weighted by atomic mass is 9.92. The maximum Gasteiger partial charge on any atom is 0.226 e. The molecule has 0 radical (unpaired) electrons. The van der Waals surface area contributed by atoms with Gasteiger partial charge in [0.25, 0.3) is 0 Å². The van der Waals surface area contributed by atoms with Gasteiger partial charge in [-0.1, -0.05) is 12.2 Å². The second-order valence-electron chi connectivity index (χ2n) is 6.31. The van der Waals surface area contributed by atoms with Crippen molar-refractivity contribution in [2.24, 2.45) is 29.6 Å². The normalized spacial score (nSPS) is 46.8. The van der Waals surface area contributed by atoms with Gasteiger partial charge >= 0.3 is 0 Å². The Morgan fingerprint density at radius 2 is 1.88 bits per heavy atom. The number of carbonyl (C=O) groups is 1. The van der Waals surface area contributed by atoms with Crippen LogP contribution in [0.15, 0.2) is 12.2 Å². The Balaban J connectivity index is 1.46. The van der Waals surface area contributed by atoms with Crippen molar-refractivity contribution in [1.29, 1.82) is 0 Å². The Kier molecular flexibility index (Phi) is 2.13. The van der Waals surface area contributed by atoms with E-state index in [9.17, 15) is 4.79 Å². The van der Waals surface area contributed by atoms with Crippen LogP contribution in [-0.2, 0) is 4.79 Å². The van der Waals surface area contributed by atoms with E-state index in [2.05, 4.69) is 22.4 Å². The van der Waals surface area contributed by atoms with Gasteiger partial charge in [0.2, 0.25) is 5.91 Å². The highest BCUT2D eigenvalue weighted by molar-refractivity contribution is 5.80. The average Bonchev–Trinajstić information content (AvgIpc) is 3.06. The third-order valence-corrected chi connectivity index (χ3v) is 5.30. The maximum atomic E-state index is 12.5. The van der Waals surface area contributed by atoms with Crippen molar-refractivity contribution in [3.8, 4) is 0 Å². The van der Waals surface area contributed by atoms with E-state index in [1.54, 1.807) is 0 Å². The van der Waals surface area contributed by atoms with Crippen molar-refractivity contribution in [2.75, 3.05) is 26.2 Å². The summed E-state index contributed by atoms with van der Waals surface area (Å²) in [4.78, 5) is 14.7. The number of fused-ring (bicyclic) bond motifs is 3. The Hall–Kier alpha value is -0.830. The summed E-state index contributed by atoms with van der Waals surface area (Å²) in [7, 11) is 0. The standard InChI is InChI=1S/C14H20N2O/c17-14(13-4-9-1-2-10(13)3-9)16-7-11-5-15-6-12(11)8-16/h1-2,9-13,15H,3-8H2/t9?,10?,11?,12?,13-/m1/s1. The van der Waals surface area contributed by atoms with E-state index in [1.807, 2.05) is 0 Å². The Morgan fingerprint density at radius 1 is 1.12 bits per heavy atom. The molecule has 92 valence electrons. The molecular weight excluding hydrogens is 212 g/mol. The number of allylic oxidation sites excluding steroid dienone is 2. The first-order chi connectivity index (χ1) is 8.31. The van der Waals surface area contributed by atoms with Gasteiger partial charge in [-0.15, -0.1) is 0 Å². The molecular formula is C14H20N2O. The SMILES string of the molecule is O=C([C@@H]1CC2C=CC1C2)N1CC2CNCC2C1. The summed E-state index contributed by atoms with van der Waals surface area (Å²) in [5.74, 6) is 3.50. The van der Waals surface area contributed by atoms with Crippen molar-refractivity contribution < 1.29 is 4.79 Å². The predicted octanol–water partition coefficient (Wildman–Crippen LogP) is 0.876. The third-order valence-electron chi connectivity index (χ3n) is 5.30. The number of nitrogens with one attached hydrogen (secondary N) is 1. The summed E-state index contributed by atoms with van der Waals surface area (Å²) in [5.41, 5.74) is 0. The molecule has 4 rings (SSSR count). The molecule has 3 heteroatoms. The van der Waals surface area contributed by atoms with Gasteiger partial charge in [-0.3, -0.25) is 4.79 Å². The molecule has 0 spiro atoms. The van der Waals surface area contributed by atoms with Crippen LogP contribution in [0.5, 0.6) is 0 Å². The molecule has 2 heterocycles. The maximum absolute atomic E-state index is 12.5. The van der Waals surface area contributed by atoms with Gasteiger partial charge in [0.05, 0.1) is 0 Å². The number of amides is 1. The highest BCUT2D eigenvalue weighted by Gasteiger charge is 2.45.